The molecule has 2 unspecified atom stereocenters. The van der Waals surface area contributed by atoms with Crippen molar-refractivity contribution >= 4 is 5.82 Å². The van der Waals surface area contributed by atoms with Crippen molar-refractivity contribution in [2.45, 2.75) is 45.2 Å². The SMILES string of the molecule is CCNC(C)c1cccnc1N1CCCCC1CO. The standard InChI is InChI=1S/C15H25N3O/c1-3-16-12(2)14-8-6-9-17-15(14)18-10-5-4-7-13(18)11-19/h6,8-9,12-13,16,19H,3-5,7,10-11H2,1-2H3. The number of rotatable bonds is 5. The molecule has 1 aromatic heterocycles. The average molecular weight is 263 g/mol. The Morgan fingerprint density at radius 1 is 1.53 bits per heavy atom. The van der Waals surface area contributed by atoms with Gasteiger partial charge in [0.1, 0.15) is 5.82 Å². The maximum absolute atomic E-state index is 9.57. The van der Waals surface area contributed by atoms with E-state index in [1.165, 1.54) is 18.4 Å². The second kappa shape index (κ2) is 6.87. The van der Waals surface area contributed by atoms with Crippen molar-refractivity contribution in [2.24, 2.45) is 0 Å². The molecular formula is C15H25N3O. The summed E-state index contributed by atoms with van der Waals surface area (Å²) in [6.07, 6.45) is 5.29. The van der Waals surface area contributed by atoms with Crippen LogP contribution in [-0.4, -0.2) is 35.8 Å². The lowest BCUT2D eigenvalue weighted by Gasteiger charge is -2.37. The van der Waals surface area contributed by atoms with Gasteiger partial charge in [-0.15, -0.1) is 0 Å². The minimum atomic E-state index is 0.214. The quantitative estimate of drug-likeness (QED) is 0.854. The van der Waals surface area contributed by atoms with Gasteiger partial charge < -0.3 is 15.3 Å². The van der Waals surface area contributed by atoms with Crippen LogP contribution in [0.3, 0.4) is 0 Å². The lowest BCUT2D eigenvalue weighted by molar-refractivity contribution is 0.239. The molecule has 0 spiro atoms. The zero-order chi connectivity index (χ0) is 13.7. The first-order valence-electron chi connectivity index (χ1n) is 7.33. The van der Waals surface area contributed by atoms with Crippen LogP contribution in [0.15, 0.2) is 18.3 Å². The number of pyridine rings is 1. The molecule has 2 heterocycles. The minimum absolute atomic E-state index is 0.214. The molecule has 1 fully saturated rings. The van der Waals surface area contributed by atoms with Crippen LogP contribution in [-0.2, 0) is 0 Å². The van der Waals surface area contributed by atoms with E-state index in [1.807, 2.05) is 12.3 Å². The van der Waals surface area contributed by atoms with Crippen molar-refractivity contribution in [3.8, 4) is 0 Å². The van der Waals surface area contributed by atoms with Gasteiger partial charge in [0.2, 0.25) is 0 Å². The molecule has 1 aromatic rings. The van der Waals surface area contributed by atoms with E-state index in [2.05, 4.69) is 35.1 Å². The van der Waals surface area contributed by atoms with Crippen molar-refractivity contribution in [2.75, 3.05) is 24.6 Å². The van der Waals surface area contributed by atoms with Crippen molar-refractivity contribution in [1.82, 2.24) is 10.3 Å². The van der Waals surface area contributed by atoms with Gasteiger partial charge in [0.15, 0.2) is 0 Å². The van der Waals surface area contributed by atoms with Gasteiger partial charge >= 0.3 is 0 Å². The third kappa shape index (κ3) is 3.25. The molecule has 0 aromatic carbocycles. The predicted molar refractivity (Wildman–Crippen MR) is 78.4 cm³/mol. The Morgan fingerprint density at radius 2 is 2.37 bits per heavy atom. The molecule has 1 saturated heterocycles. The van der Waals surface area contributed by atoms with E-state index in [0.29, 0.717) is 0 Å². The summed E-state index contributed by atoms with van der Waals surface area (Å²) in [4.78, 5) is 6.86. The summed E-state index contributed by atoms with van der Waals surface area (Å²) in [5, 5.41) is 13.0. The van der Waals surface area contributed by atoms with Crippen LogP contribution >= 0.6 is 0 Å². The second-order valence-electron chi connectivity index (χ2n) is 5.22. The van der Waals surface area contributed by atoms with Crippen molar-refractivity contribution in [3.63, 3.8) is 0 Å². The van der Waals surface area contributed by atoms with Crippen LogP contribution in [0.4, 0.5) is 5.82 Å². The molecule has 19 heavy (non-hydrogen) atoms. The summed E-state index contributed by atoms with van der Waals surface area (Å²) < 4.78 is 0. The highest BCUT2D eigenvalue weighted by Gasteiger charge is 2.25. The minimum Gasteiger partial charge on any atom is -0.394 e. The first-order chi connectivity index (χ1) is 9.27. The number of hydrogen-bond acceptors (Lipinski definition) is 4. The molecule has 2 N–H and O–H groups in total. The predicted octanol–water partition coefficient (Wildman–Crippen LogP) is 2.10. The molecule has 1 aliphatic heterocycles. The van der Waals surface area contributed by atoms with Crippen LogP contribution < -0.4 is 10.2 Å². The van der Waals surface area contributed by atoms with Gasteiger partial charge in [0.25, 0.3) is 0 Å². The third-order valence-corrected chi connectivity index (χ3v) is 3.90. The van der Waals surface area contributed by atoms with Crippen molar-refractivity contribution in [3.05, 3.63) is 23.9 Å². The van der Waals surface area contributed by atoms with Crippen LogP contribution in [0.1, 0.15) is 44.7 Å². The van der Waals surface area contributed by atoms with Crippen molar-refractivity contribution < 1.29 is 5.11 Å². The number of hydrogen-bond donors (Lipinski definition) is 2. The molecule has 106 valence electrons. The van der Waals surface area contributed by atoms with E-state index in [4.69, 9.17) is 0 Å². The monoisotopic (exact) mass is 263 g/mol. The van der Waals surface area contributed by atoms with E-state index in [-0.39, 0.29) is 18.7 Å². The van der Waals surface area contributed by atoms with Crippen LogP contribution in [0.5, 0.6) is 0 Å². The fourth-order valence-corrected chi connectivity index (χ4v) is 2.87. The highest BCUT2D eigenvalue weighted by atomic mass is 16.3. The Balaban J connectivity index is 2.27. The van der Waals surface area contributed by atoms with Gasteiger partial charge in [0, 0.05) is 24.3 Å². The summed E-state index contributed by atoms with van der Waals surface area (Å²) in [5.41, 5.74) is 1.23. The molecule has 2 rings (SSSR count). The van der Waals surface area contributed by atoms with Gasteiger partial charge in [-0.25, -0.2) is 4.98 Å². The number of anilines is 1. The molecule has 0 bridgehead atoms. The normalized spacial score (nSPS) is 21.4. The average Bonchev–Trinajstić information content (AvgIpc) is 2.47. The Kier molecular flexibility index (Phi) is 5.16. The Bertz CT molecular complexity index is 397. The molecule has 1 aliphatic rings. The van der Waals surface area contributed by atoms with Gasteiger partial charge in [-0.1, -0.05) is 13.0 Å². The van der Waals surface area contributed by atoms with E-state index in [0.717, 1.165) is 25.3 Å². The topological polar surface area (TPSA) is 48.4 Å². The van der Waals surface area contributed by atoms with E-state index >= 15 is 0 Å². The fraction of sp³-hybridized carbons (Fsp3) is 0.667. The number of aromatic nitrogens is 1. The molecule has 0 aliphatic carbocycles. The summed E-state index contributed by atoms with van der Waals surface area (Å²) >= 11 is 0. The number of aliphatic hydroxyl groups excluding tert-OH is 1. The molecule has 4 nitrogen and oxygen atoms in total. The Labute approximate surface area is 115 Å². The number of piperidine rings is 1. The smallest absolute Gasteiger partial charge is 0.133 e. The molecule has 4 heteroatoms. The lowest BCUT2D eigenvalue weighted by atomic mass is 10.0. The van der Waals surface area contributed by atoms with Gasteiger partial charge in [-0.3, -0.25) is 0 Å². The zero-order valence-corrected chi connectivity index (χ0v) is 12.0. The first kappa shape index (κ1) is 14.3. The number of nitrogens with zero attached hydrogens (tertiary/aromatic N) is 2. The lowest BCUT2D eigenvalue weighted by Crippen LogP contribution is -2.43. The summed E-state index contributed by atoms with van der Waals surface area (Å²) in [5.74, 6) is 1.04. The van der Waals surface area contributed by atoms with Gasteiger partial charge in [0.05, 0.1) is 12.6 Å². The van der Waals surface area contributed by atoms with Gasteiger partial charge in [-0.2, -0.15) is 0 Å². The summed E-state index contributed by atoms with van der Waals surface area (Å²) in [6.45, 7) is 6.44. The maximum atomic E-state index is 9.57. The Hall–Kier alpha value is -1.13. The number of nitrogens with one attached hydrogen (secondary N) is 1. The fourth-order valence-electron chi connectivity index (χ4n) is 2.87. The molecular weight excluding hydrogens is 238 g/mol. The third-order valence-electron chi connectivity index (χ3n) is 3.90. The molecule has 0 radical (unpaired) electrons. The van der Waals surface area contributed by atoms with E-state index in [1.54, 1.807) is 0 Å². The van der Waals surface area contributed by atoms with Crippen LogP contribution in [0.25, 0.3) is 0 Å². The maximum Gasteiger partial charge on any atom is 0.133 e. The summed E-state index contributed by atoms with van der Waals surface area (Å²) in [7, 11) is 0. The molecule has 2 atom stereocenters. The van der Waals surface area contributed by atoms with Crippen molar-refractivity contribution in [1.29, 1.82) is 0 Å². The van der Waals surface area contributed by atoms with Crippen LogP contribution in [0, 0.1) is 0 Å². The highest BCUT2D eigenvalue weighted by molar-refractivity contribution is 5.49. The number of aliphatic hydroxyl groups is 1. The zero-order valence-electron chi connectivity index (χ0n) is 12.0. The second-order valence-corrected chi connectivity index (χ2v) is 5.22. The van der Waals surface area contributed by atoms with E-state index < -0.39 is 0 Å². The molecule has 0 saturated carbocycles. The Morgan fingerprint density at radius 3 is 3.11 bits per heavy atom. The van der Waals surface area contributed by atoms with E-state index in [9.17, 15) is 5.11 Å². The highest BCUT2D eigenvalue weighted by Crippen LogP contribution is 2.29. The first-order valence-corrected chi connectivity index (χ1v) is 7.33. The molecule has 0 amide bonds. The summed E-state index contributed by atoms with van der Waals surface area (Å²) in [6, 6.07) is 4.63. The largest absolute Gasteiger partial charge is 0.394 e. The van der Waals surface area contributed by atoms with Crippen LogP contribution in [0.2, 0.25) is 0 Å². The van der Waals surface area contributed by atoms with Gasteiger partial charge in [-0.05, 0) is 38.8 Å².